The molecule has 0 aromatic carbocycles. The van der Waals surface area contributed by atoms with Crippen molar-refractivity contribution in [1.29, 1.82) is 0 Å². The molecule has 0 radical (unpaired) electrons. The standard InChI is InChI=1S/C13H21N3O2/c1-17-13(3-6-18-7-4-13)11(14)8-10-2-5-16-12(15)9-10/h2,5,9,11H,3-4,6-8,14H2,1H3,(H2,15,16). The second-order valence-electron chi connectivity index (χ2n) is 4.78. The number of hydrogen-bond acceptors (Lipinski definition) is 5. The van der Waals surface area contributed by atoms with Gasteiger partial charge >= 0.3 is 0 Å². The fraction of sp³-hybridized carbons (Fsp3) is 0.615. The van der Waals surface area contributed by atoms with Crippen LogP contribution in [0.5, 0.6) is 0 Å². The average molecular weight is 251 g/mol. The summed E-state index contributed by atoms with van der Waals surface area (Å²) in [6.45, 7) is 1.42. The summed E-state index contributed by atoms with van der Waals surface area (Å²) in [6, 6.07) is 3.75. The molecule has 0 bridgehead atoms. The molecule has 5 heteroatoms. The van der Waals surface area contributed by atoms with Crippen LogP contribution < -0.4 is 11.5 Å². The molecule has 100 valence electrons. The van der Waals surface area contributed by atoms with Crippen molar-refractivity contribution in [3.63, 3.8) is 0 Å². The topological polar surface area (TPSA) is 83.4 Å². The van der Waals surface area contributed by atoms with Crippen LogP contribution in [0.25, 0.3) is 0 Å². The highest BCUT2D eigenvalue weighted by atomic mass is 16.5. The van der Waals surface area contributed by atoms with E-state index >= 15 is 0 Å². The maximum atomic E-state index is 6.33. The van der Waals surface area contributed by atoms with Crippen LogP contribution in [0.4, 0.5) is 5.82 Å². The van der Waals surface area contributed by atoms with Crippen molar-refractivity contribution < 1.29 is 9.47 Å². The minimum absolute atomic E-state index is 0.0619. The van der Waals surface area contributed by atoms with Gasteiger partial charge in [-0.3, -0.25) is 0 Å². The molecule has 5 nitrogen and oxygen atoms in total. The molecule has 1 atom stereocenters. The van der Waals surface area contributed by atoms with E-state index in [4.69, 9.17) is 20.9 Å². The number of nitrogen functional groups attached to an aromatic ring is 1. The summed E-state index contributed by atoms with van der Waals surface area (Å²) >= 11 is 0. The lowest BCUT2D eigenvalue weighted by molar-refractivity contribution is -0.103. The fourth-order valence-electron chi connectivity index (χ4n) is 2.50. The van der Waals surface area contributed by atoms with Crippen molar-refractivity contribution in [2.24, 2.45) is 5.73 Å². The summed E-state index contributed by atoms with van der Waals surface area (Å²) in [6.07, 6.45) is 4.12. The molecule has 1 aromatic heterocycles. The number of rotatable bonds is 4. The average Bonchev–Trinajstić information content (AvgIpc) is 2.39. The Morgan fingerprint density at radius 2 is 2.22 bits per heavy atom. The lowest BCUT2D eigenvalue weighted by Gasteiger charge is -2.40. The SMILES string of the molecule is COC1(C(N)Cc2ccnc(N)c2)CCOCC1. The van der Waals surface area contributed by atoms with Crippen LogP contribution in [0.3, 0.4) is 0 Å². The van der Waals surface area contributed by atoms with Gasteiger partial charge < -0.3 is 20.9 Å². The third kappa shape index (κ3) is 2.80. The highest BCUT2D eigenvalue weighted by Crippen LogP contribution is 2.29. The number of pyridine rings is 1. The molecule has 0 spiro atoms. The lowest BCUT2D eigenvalue weighted by atomic mass is 9.83. The van der Waals surface area contributed by atoms with Crippen molar-refractivity contribution in [1.82, 2.24) is 4.98 Å². The van der Waals surface area contributed by atoms with E-state index < -0.39 is 0 Å². The molecule has 0 saturated carbocycles. The third-order valence-corrected chi connectivity index (χ3v) is 3.72. The zero-order valence-electron chi connectivity index (χ0n) is 10.8. The van der Waals surface area contributed by atoms with Crippen molar-refractivity contribution in [3.05, 3.63) is 23.9 Å². The van der Waals surface area contributed by atoms with Gasteiger partial charge in [-0.15, -0.1) is 0 Å². The molecular weight excluding hydrogens is 230 g/mol. The maximum Gasteiger partial charge on any atom is 0.123 e. The predicted octanol–water partition coefficient (Wildman–Crippen LogP) is 0.729. The fourth-order valence-corrected chi connectivity index (χ4v) is 2.50. The van der Waals surface area contributed by atoms with Crippen molar-refractivity contribution in [2.45, 2.75) is 30.9 Å². The first-order valence-electron chi connectivity index (χ1n) is 6.25. The Kier molecular flexibility index (Phi) is 4.16. The summed E-state index contributed by atoms with van der Waals surface area (Å²) in [5.41, 5.74) is 12.8. The Morgan fingerprint density at radius 1 is 1.50 bits per heavy atom. The van der Waals surface area contributed by atoms with E-state index in [2.05, 4.69) is 4.98 Å². The van der Waals surface area contributed by atoms with Gasteiger partial charge in [-0.05, 0) is 24.1 Å². The Balaban J connectivity index is 2.07. The summed E-state index contributed by atoms with van der Waals surface area (Å²) in [7, 11) is 1.73. The van der Waals surface area contributed by atoms with Crippen LogP contribution in [-0.4, -0.2) is 37.0 Å². The summed E-state index contributed by atoms with van der Waals surface area (Å²) in [4.78, 5) is 3.98. The van der Waals surface area contributed by atoms with Gasteiger partial charge in [0.05, 0.1) is 5.60 Å². The highest BCUT2D eigenvalue weighted by molar-refractivity contribution is 5.32. The molecule has 1 fully saturated rings. The van der Waals surface area contributed by atoms with Crippen molar-refractivity contribution >= 4 is 5.82 Å². The van der Waals surface area contributed by atoms with E-state index in [0.717, 1.165) is 24.8 Å². The van der Waals surface area contributed by atoms with E-state index in [1.807, 2.05) is 12.1 Å². The Bertz CT molecular complexity index is 392. The molecular formula is C13H21N3O2. The zero-order chi connectivity index (χ0) is 13.0. The Labute approximate surface area is 107 Å². The zero-order valence-corrected chi connectivity index (χ0v) is 10.8. The largest absolute Gasteiger partial charge is 0.384 e. The number of hydrogen-bond donors (Lipinski definition) is 2. The van der Waals surface area contributed by atoms with Gasteiger partial charge in [0.15, 0.2) is 0 Å². The first kappa shape index (κ1) is 13.3. The van der Waals surface area contributed by atoms with Crippen LogP contribution in [-0.2, 0) is 15.9 Å². The van der Waals surface area contributed by atoms with Crippen LogP contribution in [0.15, 0.2) is 18.3 Å². The number of nitrogens with zero attached hydrogens (tertiary/aromatic N) is 1. The summed E-state index contributed by atoms with van der Waals surface area (Å²) < 4.78 is 11.1. The number of ether oxygens (including phenoxy) is 2. The van der Waals surface area contributed by atoms with E-state index in [1.54, 1.807) is 13.3 Å². The molecule has 4 N–H and O–H groups in total. The van der Waals surface area contributed by atoms with E-state index in [1.165, 1.54) is 0 Å². The molecule has 2 heterocycles. The van der Waals surface area contributed by atoms with Crippen LogP contribution in [0.2, 0.25) is 0 Å². The van der Waals surface area contributed by atoms with Gasteiger partial charge in [0.1, 0.15) is 5.82 Å². The highest BCUT2D eigenvalue weighted by Gasteiger charge is 2.38. The minimum atomic E-state index is -0.281. The van der Waals surface area contributed by atoms with Gasteiger partial charge in [0, 0.05) is 45.4 Å². The third-order valence-electron chi connectivity index (χ3n) is 3.72. The van der Waals surface area contributed by atoms with Crippen LogP contribution >= 0.6 is 0 Å². The first-order valence-corrected chi connectivity index (χ1v) is 6.25. The second-order valence-corrected chi connectivity index (χ2v) is 4.78. The van der Waals surface area contributed by atoms with Crippen LogP contribution in [0, 0.1) is 0 Å². The van der Waals surface area contributed by atoms with Crippen LogP contribution in [0.1, 0.15) is 18.4 Å². The molecule has 1 aromatic rings. The molecule has 18 heavy (non-hydrogen) atoms. The van der Waals surface area contributed by atoms with Gasteiger partial charge in [0.2, 0.25) is 0 Å². The predicted molar refractivity (Wildman–Crippen MR) is 70.1 cm³/mol. The van der Waals surface area contributed by atoms with Crippen molar-refractivity contribution in [3.8, 4) is 0 Å². The van der Waals surface area contributed by atoms with Gasteiger partial charge in [-0.2, -0.15) is 0 Å². The maximum absolute atomic E-state index is 6.33. The first-order chi connectivity index (χ1) is 8.66. The number of anilines is 1. The molecule has 1 aliphatic rings. The van der Waals surface area contributed by atoms with E-state index in [9.17, 15) is 0 Å². The number of nitrogens with two attached hydrogens (primary N) is 2. The quantitative estimate of drug-likeness (QED) is 0.824. The lowest BCUT2D eigenvalue weighted by Crippen LogP contribution is -2.53. The Hall–Kier alpha value is -1.17. The van der Waals surface area contributed by atoms with E-state index in [-0.39, 0.29) is 11.6 Å². The molecule has 1 aliphatic heterocycles. The molecule has 0 amide bonds. The van der Waals surface area contributed by atoms with E-state index in [0.29, 0.717) is 19.0 Å². The smallest absolute Gasteiger partial charge is 0.123 e. The van der Waals surface area contributed by atoms with Gasteiger partial charge in [-0.25, -0.2) is 4.98 Å². The molecule has 1 saturated heterocycles. The number of aromatic nitrogens is 1. The monoisotopic (exact) mass is 251 g/mol. The second kappa shape index (κ2) is 5.65. The Morgan fingerprint density at radius 3 is 2.83 bits per heavy atom. The molecule has 2 rings (SSSR count). The van der Waals surface area contributed by atoms with Crippen molar-refractivity contribution in [2.75, 3.05) is 26.1 Å². The number of methoxy groups -OCH3 is 1. The van der Waals surface area contributed by atoms with Gasteiger partial charge in [0.25, 0.3) is 0 Å². The molecule has 0 aliphatic carbocycles. The minimum Gasteiger partial charge on any atom is -0.384 e. The summed E-state index contributed by atoms with van der Waals surface area (Å²) in [5, 5.41) is 0. The van der Waals surface area contributed by atoms with Gasteiger partial charge in [-0.1, -0.05) is 0 Å². The molecule has 1 unspecified atom stereocenters. The summed E-state index contributed by atoms with van der Waals surface area (Å²) in [5.74, 6) is 0.526. The normalized spacial score (nSPS) is 20.6.